The number of carbonyl (C=O) groups excluding carboxylic acids is 1. The third-order valence-electron chi connectivity index (χ3n) is 7.69. The smallest absolute Gasteiger partial charge is 0.271 e. The molecule has 0 unspecified atom stereocenters. The summed E-state index contributed by atoms with van der Waals surface area (Å²) in [5.74, 6) is 1.29. The zero-order valence-electron chi connectivity index (χ0n) is 19.5. The van der Waals surface area contributed by atoms with Gasteiger partial charge < -0.3 is 20.9 Å². The lowest BCUT2D eigenvalue weighted by Gasteiger charge is -2.36. The maximum absolute atomic E-state index is 11.9. The molecular weight excluding hydrogens is 412 g/mol. The van der Waals surface area contributed by atoms with E-state index in [1.807, 2.05) is 0 Å². The van der Waals surface area contributed by atoms with Gasteiger partial charge in [0.15, 0.2) is 11.5 Å². The van der Waals surface area contributed by atoms with E-state index in [1.54, 1.807) is 6.20 Å². The first kappa shape index (κ1) is 22.1. The molecule has 0 spiro atoms. The van der Waals surface area contributed by atoms with Crippen molar-refractivity contribution in [3.05, 3.63) is 41.7 Å². The van der Waals surface area contributed by atoms with Crippen LogP contribution in [0.4, 0.5) is 17.3 Å². The van der Waals surface area contributed by atoms with Crippen molar-refractivity contribution in [2.24, 2.45) is 5.73 Å². The molecule has 7 nitrogen and oxygen atoms in total. The molecule has 3 N–H and O–H groups in total. The number of carbonyl (C=O) groups is 1. The first-order chi connectivity index (χ1) is 16.2. The second kappa shape index (κ2) is 10.1. The van der Waals surface area contributed by atoms with Gasteiger partial charge in [0, 0.05) is 24.8 Å². The lowest BCUT2D eigenvalue weighted by atomic mass is 9.88. The van der Waals surface area contributed by atoms with Crippen molar-refractivity contribution in [1.82, 2.24) is 14.9 Å². The van der Waals surface area contributed by atoms with Crippen LogP contribution in [0.3, 0.4) is 0 Å². The lowest BCUT2D eigenvalue weighted by Crippen LogP contribution is -2.39. The number of nitrogens with zero attached hydrogens (tertiary/aromatic N) is 4. The zero-order chi connectivity index (χ0) is 22.6. The molecular formula is C26H36N6O. The first-order valence-corrected chi connectivity index (χ1v) is 12.7. The Morgan fingerprint density at radius 3 is 2.27 bits per heavy atom. The normalized spacial score (nSPS) is 20.8. The van der Waals surface area contributed by atoms with Gasteiger partial charge in [0.1, 0.15) is 5.82 Å². The van der Waals surface area contributed by atoms with Crippen LogP contribution in [0.2, 0.25) is 0 Å². The van der Waals surface area contributed by atoms with E-state index in [2.05, 4.69) is 44.4 Å². The number of aromatic nitrogens is 2. The first-order valence-electron chi connectivity index (χ1n) is 12.7. The number of likely N-dealkylation sites (tertiary alicyclic amines) is 1. The van der Waals surface area contributed by atoms with Crippen molar-refractivity contribution in [1.29, 1.82) is 0 Å². The Morgan fingerprint density at radius 2 is 1.61 bits per heavy atom. The van der Waals surface area contributed by atoms with Crippen molar-refractivity contribution >= 4 is 23.2 Å². The van der Waals surface area contributed by atoms with Crippen LogP contribution in [-0.4, -0.2) is 53.0 Å². The standard InChI is InChI=1S/C26H36N6O/c27-25(33)24-26(30-23(18-28-24)32-14-4-1-5-15-32)29-21-10-8-19(9-11-21)20-12-16-31(17-13-20)22-6-2-3-7-22/h8-11,18,20,22H,1-7,12-17H2,(H2,27,33)(H,29,30). The molecule has 3 fully saturated rings. The number of anilines is 3. The van der Waals surface area contributed by atoms with Gasteiger partial charge in [-0.25, -0.2) is 9.97 Å². The van der Waals surface area contributed by atoms with E-state index >= 15 is 0 Å². The number of hydrogen-bond donors (Lipinski definition) is 2. The molecule has 7 heteroatoms. The fourth-order valence-corrected chi connectivity index (χ4v) is 5.77. The molecule has 33 heavy (non-hydrogen) atoms. The van der Waals surface area contributed by atoms with Crippen LogP contribution in [0.25, 0.3) is 0 Å². The highest BCUT2D eigenvalue weighted by Crippen LogP contribution is 2.33. The van der Waals surface area contributed by atoms with Crippen LogP contribution in [0, 0.1) is 0 Å². The third-order valence-corrected chi connectivity index (χ3v) is 7.69. The Kier molecular flexibility index (Phi) is 6.76. The van der Waals surface area contributed by atoms with Gasteiger partial charge in [-0.15, -0.1) is 0 Å². The highest BCUT2D eigenvalue weighted by atomic mass is 16.1. The highest BCUT2D eigenvalue weighted by molar-refractivity contribution is 5.96. The molecule has 3 heterocycles. The second-order valence-corrected chi connectivity index (χ2v) is 9.83. The van der Waals surface area contributed by atoms with Crippen molar-refractivity contribution in [2.45, 2.75) is 69.7 Å². The van der Waals surface area contributed by atoms with Gasteiger partial charge in [0.05, 0.1) is 6.20 Å². The number of benzene rings is 1. The summed E-state index contributed by atoms with van der Waals surface area (Å²) in [7, 11) is 0. The molecule has 2 aliphatic heterocycles. The Hall–Kier alpha value is -2.67. The zero-order valence-corrected chi connectivity index (χ0v) is 19.5. The molecule has 3 aliphatic rings. The Bertz CT molecular complexity index is 942. The molecule has 176 valence electrons. The van der Waals surface area contributed by atoms with Crippen LogP contribution in [0.1, 0.15) is 79.8 Å². The van der Waals surface area contributed by atoms with Gasteiger partial charge in [-0.3, -0.25) is 4.79 Å². The maximum Gasteiger partial charge on any atom is 0.271 e. The Morgan fingerprint density at radius 1 is 0.909 bits per heavy atom. The number of nitrogens with two attached hydrogens (primary N) is 1. The van der Waals surface area contributed by atoms with E-state index in [9.17, 15) is 4.79 Å². The summed E-state index contributed by atoms with van der Waals surface area (Å²) in [5, 5.41) is 3.30. The molecule has 0 radical (unpaired) electrons. The van der Waals surface area contributed by atoms with Gasteiger partial charge in [-0.2, -0.15) is 0 Å². The van der Waals surface area contributed by atoms with Crippen molar-refractivity contribution in [3.63, 3.8) is 0 Å². The quantitative estimate of drug-likeness (QED) is 0.680. The minimum atomic E-state index is -0.569. The van der Waals surface area contributed by atoms with E-state index in [0.717, 1.165) is 43.5 Å². The van der Waals surface area contributed by atoms with E-state index in [-0.39, 0.29) is 5.69 Å². The second-order valence-electron chi connectivity index (χ2n) is 9.83. The van der Waals surface area contributed by atoms with Crippen LogP contribution in [0.15, 0.2) is 30.5 Å². The lowest BCUT2D eigenvalue weighted by molar-refractivity contribution is 0.0996. The summed E-state index contributed by atoms with van der Waals surface area (Å²) in [6.45, 7) is 4.38. The summed E-state index contributed by atoms with van der Waals surface area (Å²) in [6, 6.07) is 9.42. The number of piperidine rings is 2. The third kappa shape index (κ3) is 5.13. The molecule has 1 amide bonds. The summed E-state index contributed by atoms with van der Waals surface area (Å²) < 4.78 is 0. The SMILES string of the molecule is NC(=O)c1ncc(N2CCCCC2)nc1Nc1ccc(C2CCN(C3CCCC3)CC2)cc1. The number of hydrogen-bond acceptors (Lipinski definition) is 6. The van der Waals surface area contributed by atoms with Gasteiger partial charge in [-0.05, 0) is 81.6 Å². The summed E-state index contributed by atoms with van der Waals surface area (Å²) >= 11 is 0. The number of primary amides is 1. The Labute approximate surface area is 196 Å². The fraction of sp³-hybridized carbons (Fsp3) is 0.577. The van der Waals surface area contributed by atoms with E-state index in [0.29, 0.717) is 11.7 Å². The van der Waals surface area contributed by atoms with Gasteiger partial charge in [0.2, 0.25) is 0 Å². The summed E-state index contributed by atoms with van der Waals surface area (Å²) in [5.41, 5.74) is 8.05. The predicted molar refractivity (Wildman–Crippen MR) is 132 cm³/mol. The summed E-state index contributed by atoms with van der Waals surface area (Å²) in [6.07, 6.45) is 13.3. The molecule has 1 aromatic heterocycles. The van der Waals surface area contributed by atoms with Crippen molar-refractivity contribution in [2.75, 3.05) is 36.4 Å². The highest BCUT2D eigenvalue weighted by Gasteiger charge is 2.27. The predicted octanol–water partition coefficient (Wildman–Crippen LogP) is 4.43. The molecule has 0 bridgehead atoms. The maximum atomic E-state index is 11.9. The molecule has 5 rings (SSSR count). The molecule has 0 atom stereocenters. The molecule has 1 aromatic carbocycles. The van der Waals surface area contributed by atoms with Gasteiger partial charge in [0.25, 0.3) is 5.91 Å². The largest absolute Gasteiger partial charge is 0.364 e. The monoisotopic (exact) mass is 448 g/mol. The van der Waals surface area contributed by atoms with Crippen LogP contribution in [0.5, 0.6) is 0 Å². The van der Waals surface area contributed by atoms with Crippen molar-refractivity contribution < 1.29 is 4.79 Å². The minimum absolute atomic E-state index is 0.180. The Balaban J connectivity index is 1.25. The van der Waals surface area contributed by atoms with E-state index < -0.39 is 5.91 Å². The average molecular weight is 449 g/mol. The number of rotatable bonds is 6. The topological polar surface area (TPSA) is 87.4 Å². The van der Waals surface area contributed by atoms with E-state index in [4.69, 9.17) is 10.7 Å². The van der Waals surface area contributed by atoms with Crippen LogP contribution < -0.4 is 16.0 Å². The molecule has 2 saturated heterocycles. The van der Waals surface area contributed by atoms with Gasteiger partial charge >= 0.3 is 0 Å². The summed E-state index contributed by atoms with van der Waals surface area (Å²) in [4.78, 5) is 25.9. The minimum Gasteiger partial charge on any atom is -0.364 e. The molecule has 1 aliphatic carbocycles. The van der Waals surface area contributed by atoms with Crippen LogP contribution >= 0.6 is 0 Å². The number of nitrogens with one attached hydrogen (secondary N) is 1. The average Bonchev–Trinajstić information content (AvgIpc) is 3.40. The number of amides is 1. The van der Waals surface area contributed by atoms with Crippen molar-refractivity contribution in [3.8, 4) is 0 Å². The van der Waals surface area contributed by atoms with Crippen LogP contribution in [-0.2, 0) is 0 Å². The van der Waals surface area contributed by atoms with E-state index in [1.165, 1.54) is 63.6 Å². The fourth-order valence-electron chi connectivity index (χ4n) is 5.77. The van der Waals surface area contributed by atoms with Gasteiger partial charge in [-0.1, -0.05) is 25.0 Å². The molecule has 2 aromatic rings. The molecule has 1 saturated carbocycles.